The molecule has 0 saturated carbocycles. The number of piperidine rings is 1. The van der Waals surface area contributed by atoms with Crippen molar-refractivity contribution in [2.24, 2.45) is 0 Å². The summed E-state index contributed by atoms with van der Waals surface area (Å²) in [7, 11) is 0. The lowest BCUT2D eigenvalue weighted by molar-refractivity contribution is 0.203. The van der Waals surface area contributed by atoms with Gasteiger partial charge in [-0.2, -0.15) is 0 Å². The van der Waals surface area contributed by atoms with Gasteiger partial charge in [0.25, 0.3) is 5.56 Å². The maximum atomic E-state index is 13.4. The molecule has 144 valence electrons. The number of aromatic nitrogens is 3. The first kappa shape index (κ1) is 18.4. The number of nitrogens with one attached hydrogen (secondary N) is 1. The number of pyridine rings is 1. The molecular weight excluding hydrogens is 362 g/mol. The van der Waals surface area contributed by atoms with Crippen LogP contribution in [0.1, 0.15) is 30.0 Å². The predicted molar refractivity (Wildman–Crippen MR) is 102 cm³/mol. The topological polar surface area (TPSA) is 61.9 Å². The van der Waals surface area contributed by atoms with E-state index in [1.165, 1.54) is 12.1 Å². The lowest BCUT2D eigenvalue weighted by Crippen LogP contribution is -2.33. The Bertz CT molecular complexity index is 994. The minimum absolute atomic E-state index is 0.172. The summed E-state index contributed by atoms with van der Waals surface area (Å²) in [5, 5.41) is 0. The summed E-state index contributed by atoms with van der Waals surface area (Å²) < 4.78 is 26.8. The van der Waals surface area contributed by atoms with Crippen LogP contribution in [0, 0.1) is 11.6 Å². The first-order chi connectivity index (χ1) is 13.6. The second kappa shape index (κ2) is 7.98. The van der Waals surface area contributed by atoms with Gasteiger partial charge in [-0.1, -0.05) is 0 Å². The molecule has 0 radical (unpaired) electrons. The Morgan fingerprint density at radius 3 is 2.39 bits per heavy atom. The highest BCUT2D eigenvalue weighted by Gasteiger charge is 2.23. The van der Waals surface area contributed by atoms with Crippen molar-refractivity contribution in [2.75, 3.05) is 13.1 Å². The van der Waals surface area contributed by atoms with Crippen molar-refractivity contribution in [2.45, 2.75) is 25.3 Å². The zero-order valence-corrected chi connectivity index (χ0v) is 15.2. The van der Waals surface area contributed by atoms with Crippen LogP contribution in [0.5, 0.6) is 0 Å². The van der Waals surface area contributed by atoms with E-state index in [0.717, 1.165) is 43.3 Å². The summed E-state index contributed by atoms with van der Waals surface area (Å²) >= 11 is 0. The van der Waals surface area contributed by atoms with Crippen molar-refractivity contribution in [3.63, 3.8) is 0 Å². The average molecular weight is 382 g/mol. The van der Waals surface area contributed by atoms with Crippen LogP contribution in [0.15, 0.2) is 53.6 Å². The molecule has 0 atom stereocenters. The summed E-state index contributed by atoms with van der Waals surface area (Å²) in [6.07, 6.45) is 5.00. The molecule has 28 heavy (non-hydrogen) atoms. The van der Waals surface area contributed by atoms with E-state index in [0.29, 0.717) is 17.9 Å². The third-order valence-corrected chi connectivity index (χ3v) is 5.05. The number of likely N-dealkylation sites (tertiary alicyclic amines) is 1. The fraction of sp³-hybridized carbons (Fsp3) is 0.286. The van der Waals surface area contributed by atoms with E-state index in [-0.39, 0.29) is 11.5 Å². The molecule has 0 bridgehead atoms. The van der Waals surface area contributed by atoms with Crippen LogP contribution in [-0.2, 0) is 6.54 Å². The van der Waals surface area contributed by atoms with Crippen LogP contribution in [0.4, 0.5) is 8.78 Å². The molecule has 3 aromatic rings. The molecule has 2 aromatic heterocycles. The molecule has 4 rings (SSSR count). The zero-order chi connectivity index (χ0) is 19.5. The van der Waals surface area contributed by atoms with Crippen LogP contribution in [0.2, 0.25) is 0 Å². The van der Waals surface area contributed by atoms with Gasteiger partial charge in [-0.3, -0.25) is 14.7 Å². The number of rotatable bonds is 4. The van der Waals surface area contributed by atoms with E-state index < -0.39 is 11.6 Å². The highest BCUT2D eigenvalue weighted by Crippen LogP contribution is 2.28. The molecule has 7 heteroatoms. The second-order valence-corrected chi connectivity index (χ2v) is 7.08. The molecule has 1 fully saturated rings. The highest BCUT2D eigenvalue weighted by molar-refractivity contribution is 5.53. The van der Waals surface area contributed by atoms with Crippen molar-refractivity contribution >= 4 is 0 Å². The minimum Gasteiger partial charge on any atom is -0.307 e. The fourth-order valence-corrected chi connectivity index (χ4v) is 3.68. The van der Waals surface area contributed by atoms with Crippen molar-refractivity contribution < 1.29 is 8.78 Å². The first-order valence-electron chi connectivity index (χ1n) is 9.26. The molecule has 1 aliphatic rings. The molecule has 0 unspecified atom stereocenters. The molecule has 1 saturated heterocycles. The summed E-state index contributed by atoms with van der Waals surface area (Å²) in [6.45, 7) is 2.07. The quantitative estimate of drug-likeness (QED) is 0.750. The molecule has 3 heterocycles. The van der Waals surface area contributed by atoms with Gasteiger partial charge in [-0.15, -0.1) is 0 Å². The second-order valence-electron chi connectivity index (χ2n) is 7.08. The van der Waals surface area contributed by atoms with Crippen LogP contribution in [0.25, 0.3) is 11.4 Å². The van der Waals surface area contributed by atoms with Crippen molar-refractivity contribution in [1.29, 1.82) is 0 Å². The Labute approximate surface area is 161 Å². The highest BCUT2D eigenvalue weighted by atomic mass is 19.1. The van der Waals surface area contributed by atoms with Crippen molar-refractivity contribution in [1.82, 2.24) is 19.9 Å². The van der Waals surface area contributed by atoms with Crippen LogP contribution < -0.4 is 5.56 Å². The zero-order valence-electron chi connectivity index (χ0n) is 15.2. The van der Waals surface area contributed by atoms with Gasteiger partial charge in [-0.05, 0) is 55.8 Å². The number of halogens is 2. The van der Waals surface area contributed by atoms with E-state index in [2.05, 4.69) is 19.9 Å². The largest absolute Gasteiger partial charge is 0.307 e. The summed E-state index contributed by atoms with van der Waals surface area (Å²) in [5.74, 6) is -0.381. The van der Waals surface area contributed by atoms with Gasteiger partial charge in [0.05, 0.1) is 5.69 Å². The van der Waals surface area contributed by atoms with Gasteiger partial charge in [-0.25, -0.2) is 13.8 Å². The van der Waals surface area contributed by atoms with Gasteiger partial charge >= 0.3 is 0 Å². The van der Waals surface area contributed by atoms with E-state index in [4.69, 9.17) is 0 Å². The van der Waals surface area contributed by atoms with E-state index >= 15 is 0 Å². The first-order valence-corrected chi connectivity index (χ1v) is 9.26. The SMILES string of the molecule is O=c1cc(C2CCN(Cc3cc(F)cc(F)c3)CC2)nc(-c2ccncc2)[nH]1. The molecule has 0 aliphatic carbocycles. The number of hydrogen-bond acceptors (Lipinski definition) is 4. The van der Waals surface area contributed by atoms with Crippen molar-refractivity contribution in [3.05, 3.63) is 82.0 Å². The molecule has 1 aliphatic heterocycles. The summed E-state index contributed by atoms with van der Waals surface area (Å²) in [5.41, 5.74) is 2.06. The Kier molecular flexibility index (Phi) is 5.25. The van der Waals surface area contributed by atoms with Gasteiger partial charge in [0.1, 0.15) is 17.5 Å². The van der Waals surface area contributed by atoms with E-state index in [1.54, 1.807) is 18.5 Å². The van der Waals surface area contributed by atoms with E-state index in [9.17, 15) is 13.6 Å². The van der Waals surface area contributed by atoms with Gasteiger partial charge in [0.15, 0.2) is 0 Å². The fourth-order valence-electron chi connectivity index (χ4n) is 3.68. The molecule has 1 N–H and O–H groups in total. The Morgan fingerprint density at radius 2 is 1.71 bits per heavy atom. The predicted octanol–water partition coefficient (Wildman–Crippen LogP) is 3.49. The van der Waals surface area contributed by atoms with Crippen LogP contribution in [0.3, 0.4) is 0 Å². The summed E-state index contributed by atoms with van der Waals surface area (Å²) in [6, 6.07) is 8.80. The van der Waals surface area contributed by atoms with Crippen LogP contribution >= 0.6 is 0 Å². The molecule has 0 spiro atoms. The molecule has 1 aromatic carbocycles. The minimum atomic E-state index is -0.554. The monoisotopic (exact) mass is 382 g/mol. The molecule has 0 amide bonds. The maximum absolute atomic E-state index is 13.4. The lowest BCUT2D eigenvalue weighted by atomic mass is 9.93. The Balaban J connectivity index is 1.45. The van der Waals surface area contributed by atoms with E-state index in [1.807, 2.05) is 12.1 Å². The third kappa shape index (κ3) is 4.31. The smallest absolute Gasteiger partial charge is 0.251 e. The molecule has 5 nitrogen and oxygen atoms in total. The Hall–Kier alpha value is -2.93. The molecular formula is C21H20F2N4O. The average Bonchev–Trinajstić information content (AvgIpc) is 2.68. The van der Waals surface area contributed by atoms with Crippen molar-refractivity contribution in [3.8, 4) is 11.4 Å². The Morgan fingerprint density at radius 1 is 1.04 bits per heavy atom. The normalized spacial score (nSPS) is 15.6. The number of H-pyrrole nitrogens is 1. The number of hydrogen-bond donors (Lipinski definition) is 1. The van der Waals surface area contributed by atoms with Crippen LogP contribution in [-0.4, -0.2) is 32.9 Å². The number of nitrogens with zero attached hydrogens (tertiary/aromatic N) is 3. The summed E-state index contributed by atoms with van der Waals surface area (Å²) in [4.78, 5) is 25.7. The third-order valence-electron chi connectivity index (χ3n) is 5.05. The number of benzene rings is 1. The van der Waals surface area contributed by atoms with Gasteiger partial charge in [0, 0.05) is 42.6 Å². The standard InChI is InChI=1S/C21H20F2N4O/c22-17-9-14(10-18(23)11-17)13-27-7-3-15(4-8-27)19-12-20(28)26-21(25-19)16-1-5-24-6-2-16/h1-2,5-6,9-12,15H,3-4,7-8,13H2,(H,25,26,28). The van der Waals surface area contributed by atoms with Gasteiger partial charge in [0.2, 0.25) is 0 Å². The maximum Gasteiger partial charge on any atom is 0.251 e. The number of aromatic amines is 1. The van der Waals surface area contributed by atoms with Gasteiger partial charge < -0.3 is 4.98 Å². The lowest BCUT2D eigenvalue weighted by Gasteiger charge is -2.31.